The molecule has 0 spiro atoms. The fourth-order valence-corrected chi connectivity index (χ4v) is 5.10. The van der Waals surface area contributed by atoms with E-state index in [4.69, 9.17) is 0 Å². The van der Waals surface area contributed by atoms with E-state index in [1.807, 2.05) is 6.07 Å². The summed E-state index contributed by atoms with van der Waals surface area (Å²) in [5.41, 5.74) is 2.07. The Morgan fingerprint density at radius 1 is 1.21 bits per heavy atom. The molecule has 0 radical (unpaired) electrons. The summed E-state index contributed by atoms with van der Waals surface area (Å²) in [6.45, 7) is 11.1. The van der Waals surface area contributed by atoms with Crippen LogP contribution in [0, 0.1) is 11.7 Å². The molecule has 2 saturated heterocycles. The molecule has 0 amide bonds. The molecule has 0 aromatic heterocycles. The number of halogens is 1. The summed E-state index contributed by atoms with van der Waals surface area (Å²) < 4.78 is 38.9. The summed E-state index contributed by atoms with van der Waals surface area (Å²) in [5, 5.41) is 3.51. The van der Waals surface area contributed by atoms with Gasteiger partial charge in [0.2, 0.25) is 10.0 Å². The van der Waals surface area contributed by atoms with Crippen molar-refractivity contribution in [2.75, 3.05) is 63.5 Å². The third-order valence-corrected chi connectivity index (χ3v) is 7.32. The van der Waals surface area contributed by atoms with Crippen LogP contribution in [0.15, 0.2) is 18.2 Å². The maximum Gasteiger partial charge on any atom is 0.211 e. The monoisotopic (exact) mass is 412 g/mol. The number of hydrogen-bond donors (Lipinski definition) is 1. The second kappa shape index (κ2) is 9.07. The Morgan fingerprint density at radius 3 is 2.54 bits per heavy atom. The summed E-state index contributed by atoms with van der Waals surface area (Å²) in [6, 6.07) is 5.07. The molecule has 3 rings (SSSR count). The highest BCUT2D eigenvalue weighted by Gasteiger charge is 2.29. The van der Waals surface area contributed by atoms with Crippen molar-refractivity contribution in [1.82, 2.24) is 14.5 Å². The molecule has 1 N–H and O–H groups in total. The van der Waals surface area contributed by atoms with Crippen LogP contribution in [0.2, 0.25) is 0 Å². The number of benzene rings is 1. The molecular formula is C20H33FN4O2S. The molecule has 1 aromatic carbocycles. The fraction of sp³-hybridized carbons (Fsp3) is 0.700. The number of hydrogen-bond acceptors (Lipinski definition) is 5. The van der Waals surface area contributed by atoms with Crippen molar-refractivity contribution in [2.45, 2.75) is 26.3 Å². The zero-order valence-electron chi connectivity index (χ0n) is 17.2. The molecule has 0 bridgehead atoms. The highest BCUT2D eigenvalue weighted by atomic mass is 32.2. The second-order valence-electron chi connectivity index (χ2n) is 8.03. The van der Waals surface area contributed by atoms with Crippen molar-refractivity contribution >= 4 is 15.7 Å². The average molecular weight is 413 g/mol. The van der Waals surface area contributed by atoms with Crippen LogP contribution in [0.25, 0.3) is 0 Å². The van der Waals surface area contributed by atoms with Gasteiger partial charge in [0.25, 0.3) is 0 Å². The first-order valence-corrected chi connectivity index (χ1v) is 12.1. The van der Waals surface area contributed by atoms with Crippen LogP contribution in [0.5, 0.6) is 0 Å². The molecule has 1 aromatic rings. The Hall–Kier alpha value is -1.22. The predicted molar refractivity (Wildman–Crippen MR) is 112 cm³/mol. The first-order chi connectivity index (χ1) is 13.3. The fourth-order valence-electron chi connectivity index (χ4n) is 4.18. The first kappa shape index (κ1) is 21.5. The Labute approximate surface area is 168 Å². The Balaban J connectivity index is 1.63. The van der Waals surface area contributed by atoms with E-state index < -0.39 is 10.0 Å². The van der Waals surface area contributed by atoms with E-state index in [1.54, 1.807) is 16.4 Å². The van der Waals surface area contributed by atoms with Crippen LogP contribution in [-0.4, -0.2) is 76.2 Å². The van der Waals surface area contributed by atoms with Gasteiger partial charge in [-0.25, -0.2) is 17.1 Å². The SMILES string of the molecule is CCN1CCN(c2ccc(F)cc2[C@H](C)NC[C@H]2CCN(S(C)(=O)=O)C2)CC1. The van der Waals surface area contributed by atoms with E-state index in [2.05, 4.69) is 29.0 Å². The van der Waals surface area contributed by atoms with E-state index in [9.17, 15) is 12.8 Å². The van der Waals surface area contributed by atoms with Crippen molar-refractivity contribution < 1.29 is 12.8 Å². The summed E-state index contributed by atoms with van der Waals surface area (Å²) in [5.74, 6) is 0.0750. The van der Waals surface area contributed by atoms with Crippen LogP contribution in [-0.2, 0) is 10.0 Å². The Kier molecular flexibility index (Phi) is 6.96. The maximum absolute atomic E-state index is 14.0. The van der Waals surface area contributed by atoms with Gasteiger partial charge in [0.15, 0.2) is 0 Å². The quantitative estimate of drug-likeness (QED) is 0.741. The molecular weight excluding hydrogens is 379 g/mol. The van der Waals surface area contributed by atoms with Gasteiger partial charge in [0.1, 0.15) is 5.82 Å². The summed E-state index contributed by atoms with van der Waals surface area (Å²) in [4.78, 5) is 4.77. The molecule has 8 heteroatoms. The smallest absolute Gasteiger partial charge is 0.211 e. The Bertz CT molecular complexity index is 765. The summed E-state index contributed by atoms with van der Waals surface area (Å²) in [7, 11) is -3.11. The van der Waals surface area contributed by atoms with Crippen LogP contribution in [0.1, 0.15) is 31.9 Å². The molecule has 0 unspecified atom stereocenters. The first-order valence-electron chi connectivity index (χ1n) is 10.2. The molecule has 6 nitrogen and oxygen atoms in total. The highest BCUT2D eigenvalue weighted by Crippen LogP contribution is 2.29. The standard InChI is InChI=1S/C20H33FN4O2S/c1-4-23-9-11-24(12-10-23)20-6-5-18(21)13-19(20)16(2)22-14-17-7-8-25(15-17)28(3,26)27/h5-6,13,16-17,22H,4,7-12,14-15H2,1-3H3/t16-,17+/m0/s1. The third kappa shape index (κ3) is 5.23. The van der Waals surface area contributed by atoms with Gasteiger partial charge in [-0.05, 0) is 56.1 Å². The van der Waals surface area contributed by atoms with Gasteiger partial charge >= 0.3 is 0 Å². The van der Waals surface area contributed by atoms with Gasteiger partial charge in [-0.15, -0.1) is 0 Å². The normalized spacial score (nSPS) is 23.3. The second-order valence-corrected chi connectivity index (χ2v) is 10.0. The van der Waals surface area contributed by atoms with E-state index in [-0.39, 0.29) is 11.9 Å². The van der Waals surface area contributed by atoms with E-state index in [0.29, 0.717) is 19.0 Å². The lowest BCUT2D eigenvalue weighted by atomic mass is 10.0. The highest BCUT2D eigenvalue weighted by molar-refractivity contribution is 7.88. The van der Waals surface area contributed by atoms with E-state index in [0.717, 1.165) is 56.9 Å². The minimum atomic E-state index is -3.11. The molecule has 0 saturated carbocycles. The molecule has 2 aliphatic heterocycles. The Morgan fingerprint density at radius 2 is 1.93 bits per heavy atom. The maximum atomic E-state index is 14.0. The topological polar surface area (TPSA) is 55.9 Å². The van der Waals surface area contributed by atoms with Gasteiger partial charge in [0.05, 0.1) is 6.26 Å². The van der Waals surface area contributed by atoms with Gasteiger partial charge in [0, 0.05) is 51.0 Å². The van der Waals surface area contributed by atoms with E-state index in [1.165, 1.54) is 6.26 Å². The molecule has 28 heavy (non-hydrogen) atoms. The van der Waals surface area contributed by atoms with E-state index >= 15 is 0 Å². The van der Waals surface area contributed by atoms with Gasteiger partial charge < -0.3 is 15.1 Å². The van der Waals surface area contributed by atoms with Crippen molar-refractivity contribution in [3.63, 3.8) is 0 Å². The number of piperazine rings is 1. The molecule has 2 fully saturated rings. The average Bonchev–Trinajstić information content (AvgIpc) is 3.16. The van der Waals surface area contributed by atoms with Gasteiger partial charge in [-0.2, -0.15) is 0 Å². The third-order valence-electron chi connectivity index (χ3n) is 6.05. The number of anilines is 1. The lowest BCUT2D eigenvalue weighted by molar-refractivity contribution is 0.271. The molecule has 0 aliphatic carbocycles. The zero-order valence-corrected chi connectivity index (χ0v) is 18.0. The lowest BCUT2D eigenvalue weighted by Crippen LogP contribution is -2.46. The molecule has 2 heterocycles. The van der Waals surface area contributed by atoms with Crippen molar-refractivity contribution in [3.05, 3.63) is 29.6 Å². The van der Waals surface area contributed by atoms with Crippen LogP contribution in [0.4, 0.5) is 10.1 Å². The summed E-state index contributed by atoms with van der Waals surface area (Å²) in [6.07, 6.45) is 2.13. The van der Waals surface area contributed by atoms with Crippen LogP contribution >= 0.6 is 0 Å². The van der Waals surface area contributed by atoms with Gasteiger partial charge in [-0.3, -0.25) is 0 Å². The van der Waals surface area contributed by atoms with Crippen LogP contribution in [0.3, 0.4) is 0 Å². The summed E-state index contributed by atoms with van der Waals surface area (Å²) >= 11 is 0. The minimum Gasteiger partial charge on any atom is -0.369 e. The molecule has 158 valence electrons. The number of nitrogens with zero attached hydrogens (tertiary/aromatic N) is 3. The van der Waals surface area contributed by atoms with Crippen LogP contribution < -0.4 is 10.2 Å². The minimum absolute atomic E-state index is 0.00203. The zero-order chi connectivity index (χ0) is 20.3. The predicted octanol–water partition coefficient (Wildman–Crippen LogP) is 1.90. The van der Waals surface area contributed by atoms with Crippen molar-refractivity contribution in [3.8, 4) is 0 Å². The number of sulfonamides is 1. The largest absolute Gasteiger partial charge is 0.369 e. The van der Waals surface area contributed by atoms with Crippen molar-refractivity contribution in [1.29, 1.82) is 0 Å². The van der Waals surface area contributed by atoms with Crippen molar-refractivity contribution in [2.24, 2.45) is 5.92 Å². The molecule has 2 atom stereocenters. The number of likely N-dealkylation sites (N-methyl/N-ethyl adjacent to an activating group) is 1. The van der Waals surface area contributed by atoms with Gasteiger partial charge in [-0.1, -0.05) is 6.92 Å². The number of nitrogens with one attached hydrogen (secondary N) is 1. The lowest BCUT2D eigenvalue weighted by Gasteiger charge is -2.37. The molecule has 2 aliphatic rings. The number of rotatable bonds is 7.